The van der Waals surface area contributed by atoms with Crippen molar-refractivity contribution >= 4 is 22.5 Å². The molecule has 0 spiro atoms. The van der Waals surface area contributed by atoms with Crippen LogP contribution >= 0.6 is 11.6 Å². The molecule has 1 heterocycles. The summed E-state index contributed by atoms with van der Waals surface area (Å²) in [4.78, 5) is 0. The Bertz CT molecular complexity index is 467. The molecule has 1 aromatic carbocycles. The van der Waals surface area contributed by atoms with Gasteiger partial charge in [0.1, 0.15) is 6.07 Å². The molecule has 1 aromatic heterocycles. The molecule has 0 atom stereocenters. The average Bonchev–Trinajstić information content (AvgIpc) is 2.49. The van der Waals surface area contributed by atoms with E-state index in [2.05, 4.69) is 10.2 Å². The maximum atomic E-state index is 8.65. The molecular formula is C8H4ClN3. The van der Waals surface area contributed by atoms with Crippen LogP contribution in [0.3, 0.4) is 0 Å². The van der Waals surface area contributed by atoms with Crippen LogP contribution in [-0.4, -0.2) is 10.2 Å². The fourth-order valence-corrected chi connectivity index (χ4v) is 1.26. The van der Waals surface area contributed by atoms with E-state index in [9.17, 15) is 0 Å². The van der Waals surface area contributed by atoms with Crippen LogP contribution in [0.25, 0.3) is 10.9 Å². The highest BCUT2D eigenvalue weighted by Crippen LogP contribution is 2.21. The Morgan fingerprint density at radius 1 is 1.50 bits per heavy atom. The number of hydrogen-bond donors (Lipinski definition) is 1. The van der Waals surface area contributed by atoms with E-state index in [0.29, 0.717) is 10.6 Å². The standard InChI is InChI=1S/C8H4ClN3/c9-7-2-8-6(4-11-12-8)1-5(7)3-10/h1-2,4H,(H,11,12). The van der Waals surface area contributed by atoms with E-state index in [4.69, 9.17) is 16.9 Å². The normalized spacial score (nSPS) is 10.0. The fourth-order valence-electron chi connectivity index (χ4n) is 1.05. The number of hydrogen-bond acceptors (Lipinski definition) is 2. The van der Waals surface area contributed by atoms with E-state index in [1.54, 1.807) is 18.3 Å². The summed E-state index contributed by atoms with van der Waals surface area (Å²) in [6.07, 6.45) is 1.66. The number of nitriles is 1. The number of aromatic nitrogens is 2. The quantitative estimate of drug-likeness (QED) is 0.670. The number of nitrogens with zero attached hydrogens (tertiary/aromatic N) is 2. The molecule has 0 bridgehead atoms. The van der Waals surface area contributed by atoms with E-state index < -0.39 is 0 Å². The lowest BCUT2D eigenvalue weighted by Crippen LogP contribution is -1.76. The Hall–Kier alpha value is -1.53. The number of fused-ring (bicyclic) bond motifs is 1. The summed E-state index contributed by atoms with van der Waals surface area (Å²) in [7, 11) is 0. The van der Waals surface area contributed by atoms with Gasteiger partial charge < -0.3 is 0 Å². The lowest BCUT2D eigenvalue weighted by molar-refractivity contribution is 1.12. The number of benzene rings is 1. The second kappa shape index (κ2) is 2.50. The van der Waals surface area contributed by atoms with Crippen molar-refractivity contribution in [3.63, 3.8) is 0 Å². The molecule has 0 fully saturated rings. The predicted octanol–water partition coefficient (Wildman–Crippen LogP) is 2.09. The third-order valence-corrected chi connectivity index (χ3v) is 1.96. The van der Waals surface area contributed by atoms with Gasteiger partial charge in [-0.15, -0.1) is 0 Å². The van der Waals surface area contributed by atoms with Crippen molar-refractivity contribution in [3.05, 3.63) is 28.9 Å². The molecule has 0 aliphatic heterocycles. The first-order valence-corrected chi connectivity index (χ1v) is 3.72. The van der Waals surface area contributed by atoms with Crippen LogP contribution < -0.4 is 0 Å². The highest BCUT2D eigenvalue weighted by Gasteiger charge is 2.02. The summed E-state index contributed by atoms with van der Waals surface area (Å²) in [6.45, 7) is 0. The van der Waals surface area contributed by atoms with Gasteiger partial charge in [-0.1, -0.05) is 11.6 Å². The maximum Gasteiger partial charge on any atom is 0.101 e. The van der Waals surface area contributed by atoms with Gasteiger partial charge in [0, 0.05) is 5.39 Å². The van der Waals surface area contributed by atoms with E-state index in [0.717, 1.165) is 10.9 Å². The number of H-pyrrole nitrogens is 1. The lowest BCUT2D eigenvalue weighted by atomic mass is 10.2. The van der Waals surface area contributed by atoms with Crippen LogP contribution in [0.2, 0.25) is 5.02 Å². The zero-order valence-corrected chi connectivity index (χ0v) is 6.76. The van der Waals surface area contributed by atoms with Crippen LogP contribution in [0.15, 0.2) is 18.3 Å². The molecule has 12 heavy (non-hydrogen) atoms. The molecule has 0 radical (unpaired) electrons. The van der Waals surface area contributed by atoms with Gasteiger partial charge in [-0.25, -0.2) is 0 Å². The number of aromatic amines is 1. The van der Waals surface area contributed by atoms with Crippen LogP contribution in [0, 0.1) is 11.3 Å². The summed E-state index contributed by atoms with van der Waals surface area (Å²) in [5.41, 5.74) is 1.32. The molecule has 0 amide bonds. The summed E-state index contributed by atoms with van der Waals surface area (Å²) >= 11 is 5.79. The molecule has 0 saturated heterocycles. The van der Waals surface area contributed by atoms with Gasteiger partial charge in [0.05, 0.1) is 22.3 Å². The molecule has 4 heteroatoms. The van der Waals surface area contributed by atoms with Gasteiger partial charge in [0.2, 0.25) is 0 Å². The van der Waals surface area contributed by atoms with Crippen molar-refractivity contribution < 1.29 is 0 Å². The number of rotatable bonds is 0. The van der Waals surface area contributed by atoms with E-state index in [1.165, 1.54) is 0 Å². The predicted molar refractivity (Wildman–Crippen MR) is 45.8 cm³/mol. The Kier molecular flexibility index (Phi) is 1.49. The molecule has 0 saturated carbocycles. The SMILES string of the molecule is N#Cc1cc2cn[nH]c2cc1Cl. The largest absolute Gasteiger partial charge is 0.278 e. The van der Waals surface area contributed by atoms with Crippen molar-refractivity contribution in [1.29, 1.82) is 5.26 Å². The van der Waals surface area contributed by atoms with E-state index in [-0.39, 0.29) is 0 Å². The topological polar surface area (TPSA) is 52.5 Å². The zero-order valence-electron chi connectivity index (χ0n) is 6.00. The van der Waals surface area contributed by atoms with Crippen LogP contribution in [0.4, 0.5) is 0 Å². The van der Waals surface area contributed by atoms with E-state index in [1.807, 2.05) is 6.07 Å². The van der Waals surface area contributed by atoms with Crippen LogP contribution in [0.5, 0.6) is 0 Å². The highest BCUT2D eigenvalue weighted by atomic mass is 35.5. The number of halogens is 1. The Morgan fingerprint density at radius 2 is 2.33 bits per heavy atom. The summed E-state index contributed by atoms with van der Waals surface area (Å²) in [5.74, 6) is 0. The smallest absolute Gasteiger partial charge is 0.101 e. The molecule has 0 aliphatic rings. The molecule has 0 unspecified atom stereocenters. The van der Waals surface area contributed by atoms with Gasteiger partial charge in [0.15, 0.2) is 0 Å². The van der Waals surface area contributed by atoms with Crippen molar-refractivity contribution in [1.82, 2.24) is 10.2 Å². The molecular weight excluding hydrogens is 174 g/mol. The minimum Gasteiger partial charge on any atom is -0.278 e. The zero-order chi connectivity index (χ0) is 8.55. The lowest BCUT2D eigenvalue weighted by Gasteiger charge is -1.93. The van der Waals surface area contributed by atoms with Gasteiger partial charge >= 0.3 is 0 Å². The average molecular weight is 178 g/mol. The summed E-state index contributed by atoms with van der Waals surface area (Å²) < 4.78 is 0. The van der Waals surface area contributed by atoms with Crippen molar-refractivity contribution in [2.45, 2.75) is 0 Å². The van der Waals surface area contributed by atoms with Gasteiger partial charge in [-0.3, -0.25) is 5.10 Å². The molecule has 58 valence electrons. The maximum absolute atomic E-state index is 8.65. The van der Waals surface area contributed by atoms with Crippen molar-refractivity contribution in [3.8, 4) is 6.07 Å². The first-order chi connectivity index (χ1) is 5.81. The third kappa shape index (κ3) is 0.936. The van der Waals surface area contributed by atoms with Crippen molar-refractivity contribution in [2.75, 3.05) is 0 Å². The van der Waals surface area contributed by atoms with Gasteiger partial charge in [-0.2, -0.15) is 10.4 Å². The molecule has 2 aromatic rings. The minimum absolute atomic E-state index is 0.453. The van der Waals surface area contributed by atoms with Gasteiger partial charge in [-0.05, 0) is 12.1 Å². The molecule has 2 rings (SSSR count). The molecule has 0 aliphatic carbocycles. The summed E-state index contributed by atoms with van der Waals surface area (Å²) in [5, 5.41) is 16.6. The highest BCUT2D eigenvalue weighted by molar-refractivity contribution is 6.32. The molecule has 3 nitrogen and oxygen atoms in total. The fraction of sp³-hybridized carbons (Fsp3) is 0. The Balaban J connectivity index is 2.84. The van der Waals surface area contributed by atoms with Crippen molar-refractivity contribution in [2.24, 2.45) is 0 Å². The third-order valence-electron chi connectivity index (χ3n) is 1.65. The summed E-state index contributed by atoms with van der Waals surface area (Å²) in [6, 6.07) is 5.41. The first kappa shape index (κ1) is 7.14. The van der Waals surface area contributed by atoms with Crippen LogP contribution in [-0.2, 0) is 0 Å². The second-order valence-corrected chi connectivity index (χ2v) is 2.81. The molecule has 1 N–H and O–H groups in total. The Labute approximate surface area is 73.6 Å². The first-order valence-electron chi connectivity index (χ1n) is 3.34. The van der Waals surface area contributed by atoms with Gasteiger partial charge in [0.25, 0.3) is 0 Å². The van der Waals surface area contributed by atoms with E-state index >= 15 is 0 Å². The minimum atomic E-state index is 0.453. The number of nitrogens with one attached hydrogen (secondary N) is 1. The Morgan fingerprint density at radius 3 is 3.08 bits per heavy atom. The monoisotopic (exact) mass is 177 g/mol. The second-order valence-electron chi connectivity index (χ2n) is 2.40. The van der Waals surface area contributed by atoms with Crippen LogP contribution in [0.1, 0.15) is 5.56 Å².